The topological polar surface area (TPSA) is 38.9 Å². The van der Waals surface area contributed by atoms with Gasteiger partial charge in [0, 0.05) is 22.8 Å². The Morgan fingerprint density at radius 3 is 2.65 bits per heavy atom. The van der Waals surface area contributed by atoms with Crippen molar-refractivity contribution in [3.05, 3.63) is 60.8 Å². The maximum absolute atomic E-state index is 5.81. The van der Waals surface area contributed by atoms with Crippen LogP contribution in [-0.2, 0) is 0 Å². The smallest absolute Gasteiger partial charge is 0.0781 e. The van der Waals surface area contributed by atoms with Gasteiger partial charge in [-0.3, -0.25) is 4.98 Å². The highest BCUT2D eigenvalue weighted by Gasteiger charge is 2.04. The van der Waals surface area contributed by atoms with Gasteiger partial charge in [-0.05, 0) is 23.6 Å². The van der Waals surface area contributed by atoms with Crippen LogP contribution in [0.1, 0.15) is 0 Å². The number of nitrogens with zero attached hydrogens (tertiary/aromatic N) is 1. The summed E-state index contributed by atoms with van der Waals surface area (Å²) < 4.78 is 0. The standard InChI is InChI=1S/C15H12N2/c16-13-6-3-5-12(10-13)15-14-7-2-1-4-11(14)8-9-17-15/h1-10H,16H2. The van der Waals surface area contributed by atoms with Crippen molar-refractivity contribution in [3.8, 4) is 11.3 Å². The van der Waals surface area contributed by atoms with E-state index in [4.69, 9.17) is 5.73 Å². The Kier molecular flexibility index (Phi) is 2.26. The largest absolute Gasteiger partial charge is 0.399 e. The lowest BCUT2D eigenvalue weighted by atomic mass is 10.0. The highest BCUT2D eigenvalue weighted by atomic mass is 14.7. The number of pyridine rings is 1. The minimum Gasteiger partial charge on any atom is -0.399 e. The fraction of sp³-hybridized carbons (Fsp3) is 0. The van der Waals surface area contributed by atoms with Gasteiger partial charge in [-0.25, -0.2) is 0 Å². The zero-order valence-corrected chi connectivity index (χ0v) is 9.30. The molecule has 0 amide bonds. The van der Waals surface area contributed by atoms with Crippen LogP contribution in [0.3, 0.4) is 0 Å². The van der Waals surface area contributed by atoms with Crippen LogP contribution >= 0.6 is 0 Å². The van der Waals surface area contributed by atoms with Gasteiger partial charge in [-0.1, -0.05) is 36.4 Å². The molecule has 2 heteroatoms. The Bertz CT molecular complexity index is 669. The number of aromatic nitrogens is 1. The van der Waals surface area contributed by atoms with Crippen molar-refractivity contribution in [2.24, 2.45) is 0 Å². The van der Waals surface area contributed by atoms with Crippen molar-refractivity contribution in [1.82, 2.24) is 4.98 Å². The average molecular weight is 220 g/mol. The molecule has 0 atom stereocenters. The van der Waals surface area contributed by atoms with Crippen molar-refractivity contribution in [2.45, 2.75) is 0 Å². The number of anilines is 1. The second-order valence-corrected chi connectivity index (χ2v) is 4.01. The number of hydrogen-bond acceptors (Lipinski definition) is 2. The number of rotatable bonds is 1. The quantitative estimate of drug-likeness (QED) is 0.637. The lowest BCUT2D eigenvalue weighted by Crippen LogP contribution is -1.88. The van der Waals surface area contributed by atoms with Gasteiger partial charge < -0.3 is 5.73 Å². The summed E-state index contributed by atoms with van der Waals surface area (Å²) in [5.41, 5.74) is 8.61. The van der Waals surface area contributed by atoms with E-state index >= 15 is 0 Å². The second-order valence-electron chi connectivity index (χ2n) is 4.01. The first-order valence-corrected chi connectivity index (χ1v) is 5.54. The van der Waals surface area contributed by atoms with Crippen molar-refractivity contribution >= 4 is 16.5 Å². The molecule has 17 heavy (non-hydrogen) atoms. The van der Waals surface area contributed by atoms with Gasteiger partial charge in [-0.15, -0.1) is 0 Å². The minimum absolute atomic E-state index is 0.761. The summed E-state index contributed by atoms with van der Waals surface area (Å²) in [5.74, 6) is 0. The fourth-order valence-electron chi connectivity index (χ4n) is 2.04. The fourth-order valence-corrected chi connectivity index (χ4v) is 2.04. The van der Waals surface area contributed by atoms with Gasteiger partial charge in [0.25, 0.3) is 0 Å². The number of nitrogens with two attached hydrogens (primary N) is 1. The third-order valence-corrected chi connectivity index (χ3v) is 2.83. The van der Waals surface area contributed by atoms with E-state index in [2.05, 4.69) is 17.1 Å². The molecule has 0 aliphatic heterocycles. The molecule has 82 valence electrons. The van der Waals surface area contributed by atoms with Crippen molar-refractivity contribution in [3.63, 3.8) is 0 Å². The van der Waals surface area contributed by atoms with Crippen molar-refractivity contribution < 1.29 is 0 Å². The van der Waals surface area contributed by atoms with Gasteiger partial charge in [0.2, 0.25) is 0 Å². The van der Waals surface area contributed by atoms with Gasteiger partial charge in [0.1, 0.15) is 0 Å². The molecule has 0 unspecified atom stereocenters. The molecule has 2 N–H and O–H groups in total. The van der Waals surface area contributed by atoms with Crippen LogP contribution in [0.2, 0.25) is 0 Å². The zero-order valence-electron chi connectivity index (χ0n) is 9.30. The number of benzene rings is 2. The maximum Gasteiger partial charge on any atom is 0.0781 e. The predicted molar refractivity (Wildman–Crippen MR) is 71.6 cm³/mol. The van der Waals surface area contributed by atoms with Crippen molar-refractivity contribution in [2.75, 3.05) is 5.73 Å². The molecule has 1 heterocycles. The van der Waals surface area contributed by atoms with E-state index in [0.717, 1.165) is 22.3 Å². The monoisotopic (exact) mass is 220 g/mol. The van der Waals surface area contributed by atoms with E-state index in [0.29, 0.717) is 0 Å². The van der Waals surface area contributed by atoms with Gasteiger partial charge >= 0.3 is 0 Å². The van der Waals surface area contributed by atoms with Gasteiger partial charge in [-0.2, -0.15) is 0 Å². The summed E-state index contributed by atoms with van der Waals surface area (Å²) in [6.07, 6.45) is 1.83. The van der Waals surface area contributed by atoms with Crippen molar-refractivity contribution in [1.29, 1.82) is 0 Å². The van der Waals surface area contributed by atoms with Crippen LogP contribution in [0.15, 0.2) is 60.8 Å². The molecule has 0 saturated heterocycles. The first-order valence-electron chi connectivity index (χ1n) is 5.54. The first kappa shape index (κ1) is 9.85. The molecule has 1 aromatic heterocycles. The second kappa shape index (κ2) is 3.91. The highest BCUT2D eigenvalue weighted by Crippen LogP contribution is 2.27. The van der Waals surface area contributed by atoms with E-state index in [1.54, 1.807) is 0 Å². The molecule has 3 aromatic rings. The highest BCUT2D eigenvalue weighted by molar-refractivity contribution is 5.94. The third-order valence-electron chi connectivity index (χ3n) is 2.83. The summed E-state index contributed by atoms with van der Waals surface area (Å²) in [4.78, 5) is 4.46. The Balaban J connectivity index is 2.30. The van der Waals surface area contributed by atoms with E-state index in [9.17, 15) is 0 Å². The summed E-state index contributed by atoms with van der Waals surface area (Å²) in [5, 5.41) is 2.35. The number of hydrogen-bond donors (Lipinski definition) is 1. The molecule has 3 rings (SSSR count). The summed E-state index contributed by atoms with van der Waals surface area (Å²) in [6, 6.07) is 18.1. The summed E-state index contributed by atoms with van der Waals surface area (Å²) >= 11 is 0. The van der Waals surface area contributed by atoms with Gasteiger partial charge in [0.15, 0.2) is 0 Å². The molecular weight excluding hydrogens is 208 g/mol. The molecule has 0 spiro atoms. The molecule has 0 radical (unpaired) electrons. The van der Waals surface area contributed by atoms with Crippen LogP contribution < -0.4 is 5.73 Å². The van der Waals surface area contributed by atoms with E-state index in [1.807, 2.05) is 48.7 Å². The predicted octanol–water partition coefficient (Wildman–Crippen LogP) is 3.48. The normalized spacial score (nSPS) is 10.6. The van der Waals surface area contributed by atoms with E-state index in [1.165, 1.54) is 5.39 Å². The first-order chi connectivity index (χ1) is 8.34. The van der Waals surface area contributed by atoms with Crippen LogP contribution in [0, 0.1) is 0 Å². The molecule has 0 bridgehead atoms. The molecule has 0 fully saturated rings. The molecule has 0 aliphatic rings. The third kappa shape index (κ3) is 1.74. The van der Waals surface area contributed by atoms with Crippen LogP contribution in [0.4, 0.5) is 5.69 Å². The lowest BCUT2D eigenvalue weighted by Gasteiger charge is -2.06. The molecule has 2 aromatic carbocycles. The van der Waals surface area contributed by atoms with Crippen LogP contribution in [0.5, 0.6) is 0 Å². The summed E-state index contributed by atoms with van der Waals surface area (Å²) in [7, 11) is 0. The molecule has 0 aliphatic carbocycles. The van der Waals surface area contributed by atoms with E-state index in [-0.39, 0.29) is 0 Å². The Morgan fingerprint density at radius 1 is 0.882 bits per heavy atom. The van der Waals surface area contributed by atoms with Gasteiger partial charge in [0.05, 0.1) is 5.69 Å². The van der Waals surface area contributed by atoms with Crippen LogP contribution in [0.25, 0.3) is 22.0 Å². The molecule has 0 saturated carbocycles. The average Bonchev–Trinajstić information content (AvgIpc) is 2.38. The summed E-state index contributed by atoms with van der Waals surface area (Å²) in [6.45, 7) is 0. The Labute approximate surface area is 99.7 Å². The molecule has 2 nitrogen and oxygen atoms in total. The zero-order chi connectivity index (χ0) is 11.7. The number of fused-ring (bicyclic) bond motifs is 1. The van der Waals surface area contributed by atoms with Crippen LogP contribution in [-0.4, -0.2) is 4.98 Å². The number of nitrogen functional groups attached to an aromatic ring is 1. The SMILES string of the molecule is Nc1cccc(-c2nccc3ccccc23)c1. The van der Waals surface area contributed by atoms with E-state index < -0.39 is 0 Å². The minimum atomic E-state index is 0.761. The Hall–Kier alpha value is -2.35. The Morgan fingerprint density at radius 2 is 1.76 bits per heavy atom. The lowest BCUT2D eigenvalue weighted by molar-refractivity contribution is 1.36. The molecular formula is C15H12N2. The maximum atomic E-state index is 5.81.